The number of benzene rings is 3. The Morgan fingerprint density at radius 3 is 2.20 bits per heavy atom. The number of carbonyl (C=O) groups is 2. The average Bonchev–Trinajstić information content (AvgIpc) is 4.04. The minimum Gasteiger partial charge on any atom is -0.493 e. The van der Waals surface area contributed by atoms with E-state index in [1.807, 2.05) is 48.5 Å². The number of esters is 1. The lowest BCUT2D eigenvalue weighted by Crippen LogP contribution is -2.46. The molecule has 0 radical (unpaired) electrons. The number of ether oxygens (including phenoxy) is 5. The molecule has 3 aromatic carbocycles. The Morgan fingerprint density at radius 2 is 1.58 bits per heavy atom. The van der Waals surface area contributed by atoms with Gasteiger partial charge in [0.15, 0.2) is 0 Å². The van der Waals surface area contributed by atoms with Crippen molar-refractivity contribution in [3.63, 3.8) is 0 Å². The second kappa shape index (κ2) is 20.3. The standard InChI is InChI=1S/C42H50F2N9O11P/c1-4-38(28(2)62-41(56)64-29(3)63-39(54)21-48-65(57,58)59)53-40(55)52(27-47-53)34-8-6-32(7-9-34)49-15-17-50(18-16-49)33-10-12-35(13-11-33)60-22-30-20-42(61-23-30,24-51-26-45-25-46-51)36-14-5-31(43)19-37(36)44/h5-14,19,25-30,38H,4,15-18,20-24H2,1-3H3,(H3,48,57,58,59)/t28-,29?,30+,38-,42-/m0/s1. The average molecular weight is 926 g/mol. The zero-order valence-corrected chi connectivity index (χ0v) is 36.7. The van der Waals surface area contributed by atoms with E-state index in [-0.39, 0.29) is 18.0 Å². The van der Waals surface area contributed by atoms with Gasteiger partial charge in [0.25, 0.3) is 0 Å². The third-order valence-corrected chi connectivity index (χ3v) is 11.8. The third kappa shape index (κ3) is 11.7. The summed E-state index contributed by atoms with van der Waals surface area (Å²) in [5.74, 6) is -1.77. The van der Waals surface area contributed by atoms with Crippen LogP contribution in [0.2, 0.25) is 0 Å². The quantitative estimate of drug-likeness (QED) is 0.0632. The van der Waals surface area contributed by atoms with E-state index < -0.39 is 67.8 Å². The molecule has 348 valence electrons. The second-order valence-corrected chi connectivity index (χ2v) is 17.1. The molecule has 23 heteroatoms. The van der Waals surface area contributed by atoms with Crippen LogP contribution in [0.5, 0.6) is 5.75 Å². The Kier molecular flexibility index (Phi) is 14.6. The molecule has 0 aliphatic carbocycles. The molecule has 7 rings (SSSR count). The molecule has 5 atom stereocenters. The molecule has 0 amide bonds. The van der Waals surface area contributed by atoms with Gasteiger partial charge in [0.05, 0.1) is 31.5 Å². The first-order valence-corrected chi connectivity index (χ1v) is 22.5. The minimum absolute atomic E-state index is 0.0525. The summed E-state index contributed by atoms with van der Waals surface area (Å²) >= 11 is 0. The number of carbonyl (C=O) groups excluding carboxylic acids is 2. The van der Waals surface area contributed by atoms with Gasteiger partial charge in [-0.1, -0.05) is 13.0 Å². The van der Waals surface area contributed by atoms with E-state index in [2.05, 4.69) is 25.0 Å². The summed E-state index contributed by atoms with van der Waals surface area (Å²) in [5.41, 5.74) is 1.40. The van der Waals surface area contributed by atoms with Crippen molar-refractivity contribution in [1.82, 2.24) is 34.2 Å². The van der Waals surface area contributed by atoms with Crippen LogP contribution >= 0.6 is 7.75 Å². The van der Waals surface area contributed by atoms with Gasteiger partial charge in [-0.25, -0.2) is 46.9 Å². The van der Waals surface area contributed by atoms with Crippen LogP contribution in [0.25, 0.3) is 5.69 Å². The molecule has 5 aromatic rings. The van der Waals surface area contributed by atoms with Crippen molar-refractivity contribution < 1.29 is 56.4 Å². The van der Waals surface area contributed by atoms with E-state index in [9.17, 15) is 23.3 Å². The lowest BCUT2D eigenvalue weighted by Gasteiger charge is -2.37. The van der Waals surface area contributed by atoms with Crippen molar-refractivity contribution in [3.8, 4) is 11.4 Å². The molecule has 1 unspecified atom stereocenters. The molecular formula is C42H50F2N9O11P. The van der Waals surface area contributed by atoms with Gasteiger partial charge in [0, 0.05) is 62.0 Å². The number of hydrogen-bond donors (Lipinski definition) is 3. The Morgan fingerprint density at radius 1 is 0.923 bits per heavy atom. The van der Waals surface area contributed by atoms with Crippen LogP contribution in [0.1, 0.15) is 45.2 Å². The highest BCUT2D eigenvalue weighted by molar-refractivity contribution is 7.49. The van der Waals surface area contributed by atoms with Gasteiger partial charge >= 0.3 is 25.6 Å². The number of aromatic nitrogens is 6. The topological polar surface area (TPSA) is 227 Å². The second-order valence-electron chi connectivity index (χ2n) is 15.7. The van der Waals surface area contributed by atoms with Gasteiger partial charge in [0.1, 0.15) is 54.6 Å². The first-order chi connectivity index (χ1) is 31.1. The predicted octanol–water partition coefficient (Wildman–Crippen LogP) is 4.31. The molecule has 2 aromatic heterocycles. The molecule has 2 saturated heterocycles. The van der Waals surface area contributed by atoms with Crippen LogP contribution in [0.4, 0.5) is 25.0 Å². The Hall–Kier alpha value is -6.19. The molecule has 2 fully saturated rings. The number of nitrogens with one attached hydrogen (secondary N) is 1. The normalized spacial score (nSPS) is 19.1. The van der Waals surface area contributed by atoms with Gasteiger partial charge in [-0.2, -0.15) is 10.2 Å². The van der Waals surface area contributed by atoms with Gasteiger partial charge in [0.2, 0.25) is 6.29 Å². The lowest BCUT2D eigenvalue weighted by molar-refractivity contribution is -0.167. The first kappa shape index (κ1) is 46.8. The lowest BCUT2D eigenvalue weighted by atomic mass is 9.87. The maximum atomic E-state index is 15.0. The largest absolute Gasteiger partial charge is 0.511 e. The zero-order chi connectivity index (χ0) is 46.3. The number of rotatable bonds is 18. The van der Waals surface area contributed by atoms with E-state index in [4.69, 9.17) is 33.5 Å². The van der Waals surface area contributed by atoms with Crippen molar-refractivity contribution in [2.45, 2.75) is 64.2 Å². The van der Waals surface area contributed by atoms with E-state index in [0.29, 0.717) is 37.5 Å². The molecule has 65 heavy (non-hydrogen) atoms. The molecule has 20 nitrogen and oxygen atoms in total. The smallest absolute Gasteiger partial charge is 0.493 e. The van der Waals surface area contributed by atoms with E-state index in [1.165, 1.54) is 47.3 Å². The number of hydrogen-bond acceptors (Lipinski definition) is 14. The minimum atomic E-state index is -4.65. The maximum absolute atomic E-state index is 15.0. The fourth-order valence-corrected chi connectivity index (χ4v) is 8.37. The van der Waals surface area contributed by atoms with Gasteiger partial charge in [-0.15, -0.1) is 0 Å². The van der Waals surface area contributed by atoms with Crippen molar-refractivity contribution in [2.75, 3.05) is 55.7 Å². The van der Waals surface area contributed by atoms with Gasteiger partial charge in [-0.05, 0) is 74.4 Å². The zero-order valence-electron chi connectivity index (χ0n) is 35.8. The maximum Gasteiger partial charge on any atom is 0.511 e. The highest BCUT2D eigenvalue weighted by Gasteiger charge is 2.45. The Labute approximate surface area is 371 Å². The molecule has 0 spiro atoms. The van der Waals surface area contributed by atoms with E-state index in [1.54, 1.807) is 23.6 Å². The van der Waals surface area contributed by atoms with Crippen LogP contribution in [0, 0.1) is 17.6 Å². The highest BCUT2D eigenvalue weighted by atomic mass is 31.2. The first-order valence-electron chi connectivity index (χ1n) is 20.9. The molecule has 0 bridgehead atoms. The van der Waals surface area contributed by atoms with E-state index in [0.717, 1.165) is 43.6 Å². The fourth-order valence-electron chi connectivity index (χ4n) is 8.04. The Bertz CT molecular complexity index is 2500. The van der Waals surface area contributed by atoms with E-state index >= 15 is 4.39 Å². The Balaban J connectivity index is 0.877. The SMILES string of the molecule is CC[C@@H]([C@H](C)OC(=O)OC(C)OC(=O)CNP(=O)(O)O)n1ncn(-c2ccc(N3CCN(c4ccc(OC[C@@H]5CO[C@@](Cn6cncn6)(c6ccc(F)cc6F)C5)cc4)CC3)cc2)c1=O. The summed E-state index contributed by atoms with van der Waals surface area (Å²) in [5, 5.41) is 10.1. The summed E-state index contributed by atoms with van der Waals surface area (Å²) in [6.45, 7) is 7.72. The molecule has 2 aliphatic heterocycles. The van der Waals surface area contributed by atoms with Crippen molar-refractivity contribution in [2.24, 2.45) is 5.92 Å². The fraction of sp³-hybridized carbons (Fsp3) is 0.429. The third-order valence-electron chi connectivity index (χ3n) is 11.2. The van der Waals surface area contributed by atoms with Crippen LogP contribution in [0.3, 0.4) is 0 Å². The number of anilines is 2. The van der Waals surface area contributed by atoms with Crippen LogP contribution < -0.4 is 25.3 Å². The molecule has 0 saturated carbocycles. The van der Waals surface area contributed by atoms with Crippen molar-refractivity contribution >= 4 is 31.2 Å². The summed E-state index contributed by atoms with van der Waals surface area (Å²) in [6.07, 6.45) is 1.64. The summed E-state index contributed by atoms with van der Waals surface area (Å²) in [7, 11) is -4.65. The van der Waals surface area contributed by atoms with Gasteiger partial charge in [-0.3, -0.25) is 4.79 Å². The molecule has 4 heterocycles. The molecular weight excluding hydrogens is 875 g/mol. The predicted molar refractivity (Wildman–Crippen MR) is 228 cm³/mol. The van der Waals surface area contributed by atoms with Crippen molar-refractivity contribution in [1.29, 1.82) is 0 Å². The monoisotopic (exact) mass is 925 g/mol. The number of nitrogens with zero attached hydrogens (tertiary/aromatic N) is 8. The number of halogens is 2. The van der Waals surface area contributed by atoms with Crippen LogP contribution in [-0.4, -0.2) is 109 Å². The highest BCUT2D eigenvalue weighted by Crippen LogP contribution is 2.42. The molecule has 3 N–H and O–H groups in total. The van der Waals surface area contributed by atoms with Crippen LogP contribution in [0.15, 0.2) is 90.5 Å². The van der Waals surface area contributed by atoms with Gasteiger partial charge < -0.3 is 43.3 Å². The van der Waals surface area contributed by atoms with Crippen LogP contribution in [-0.2, 0) is 40.5 Å². The summed E-state index contributed by atoms with van der Waals surface area (Å²) in [6, 6.07) is 18.3. The molecule has 2 aliphatic rings. The number of piperazine rings is 1. The summed E-state index contributed by atoms with van der Waals surface area (Å²) in [4.78, 5) is 63.9. The summed E-state index contributed by atoms with van der Waals surface area (Å²) < 4.78 is 71.4. The van der Waals surface area contributed by atoms with Crippen molar-refractivity contribution in [3.05, 3.63) is 113 Å².